The summed E-state index contributed by atoms with van der Waals surface area (Å²) in [5.74, 6) is 0.429. The smallest absolute Gasteiger partial charge is 0.183 e. The molecule has 0 bridgehead atoms. The molecular formula is C13H19N5O5. The van der Waals surface area contributed by atoms with Crippen molar-refractivity contribution in [3.8, 4) is 0 Å². The number of anilines is 1. The van der Waals surface area contributed by atoms with Gasteiger partial charge in [0, 0.05) is 0 Å². The Morgan fingerprint density at radius 1 is 1.48 bits per heavy atom. The summed E-state index contributed by atoms with van der Waals surface area (Å²) in [6, 6.07) is 0. The zero-order valence-electron chi connectivity index (χ0n) is 13.0. The fourth-order valence-electron chi connectivity index (χ4n) is 2.83. The van der Waals surface area contributed by atoms with Crippen molar-refractivity contribution >= 4 is 16.9 Å². The van der Waals surface area contributed by atoms with E-state index in [1.54, 1.807) is 6.92 Å². The van der Waals surface area contributed by atoms with E-state index < -0.39 is 30.6 Å². The quantitative estimate of drug-likeness (QED) is 0.528. The highest BCUT2D eigenvalue weighted by molar-refractivity contribution is 5.88. The summed E-state index contributed by atoms with van der Waals surface area (Å²) >= 11 is 0. The number of hydrogen-bond donors (Lipinski definition) is 4. The summed E-state index contributed by atoms with van der Waals surface area (Å²) in [7, 11) is 1.46. The molecule has 0 amide bonds. The highest BCUT2D eigenvalue weighted by atomic mass is 16.6. The first-order chi connectivity index (χ1) is 10.9. The van der Waals surface area contributed by atoms with E-state index in [4.69, 9.17) is 9.57 Å². The molecule has 3 heterocycles. The predicted molar refractivity (Wildman–Crippen MR) is 78.3 cm³/mol. The topological polar surface area (TPSA) is 135 Å². The molecule has 126 valence electrons. The van der Waals surface area contributed by atoms with E-state index in [0.717, 1.165) is 0 Å². The van der Waals surface area contributed by atoms with Crippen LogP contribution in [0, 0.1) is 6.92 Å². The van der Waals surface area contributed by atoms with Gasteiger partial charge in [0.2, 0.25) is 0 Å². The molecule has 2 aromatic rings. The molecule has 3 rings (SSSR count). The molecule has 0 saturated carbocycles. The van der Waals surface area contributed by atoms with Crippen LogP contribution in [0.5, 0.6) is 0 Å². The van der Waals surface area contributed by atoms with Crippen molar-refractivity contribution in [3.63, 3.8) is 0 Å². The Labute approximate surface area is 131 Å². The maximum atomic E-state index is 10.6. The monoisotopic (exact) mass is 325 g/mol. The van der Waals surface area contributed by atoms with Gasteiger partial charge in [-0.2, -0.15) is 5.10 Å². The molecule has 0 spiro atoms. The molecule has 2 aromatic heterocycles. The van der Waals surface area contributed by atoms with Gasteiger partial charge in [-0.05, 0) is 13.8 Å². The summed E-state index contributed by atoms with van der Waals surface area (Å²) in [6.45, 7) is 2.76. The van der Waals surface area contributed by atoms with Gasteiger partial charge in [0.05, 0.1) is 24.8 Å². The molecule has 0 radical (unpaired) electrons. The van der Waals surface area contributed by atoms with E-state index in [9.17, 15) is 15.3 Å². The van der Waals surface area contributed by atoms with Gasteiger partial charge in [-0.25, -0.2) is 20.1 Å². The maximum Gasteiger partial charge on any atom is 0.183 e. The third kappa shape index (κ3) is 2.35. The van der Waals surface area contributed by atoms with E-state index in [0.29, 0.717) is 22.5 Å². The van der Waals surface area contributed by atoms with Crippen molar-refractivity contribution in [2.24, 2.45) is 0 Å². The molecule has 4 atom stereocenters. The van der Waals surface area contributed by atoms with E-state index in [1.807, 2.05) is 0 Å². The number of hydrogen-bond acceptors (Lipinski definition) is 9. The minimum atomic E-state index is -1.64. The number of nitrogens with zero attached hydrogens (tertiary/aromatic N) is 4. The van der Waals surface area contributed by atoms with Crippen LogP contribution in [0.3, 0.4) is 0 Å². The second kappa shape index (κ2) is 5.65. The molecular weight excluding hydrogens is 306 g/mol. The van der Waals surface area contributed by atoms with Crippen LogP contribution in [0.4, 0.5) is 5.82 Å². The van der Waals surface area contributed by atoms with Crippen molar-refractivity contribution < 1.29 is 24.9 Å². The predicted octanol–water partition coefficient (Wildman–Crippen LogP) is -0.890. The first kappa shape index (κ1) is 16.0. The second-order valence-corrected chi connectivity index (χ2v) is 5.64. The van der Waals surface area contributed by atoms with Crippen molar-refractivity contribution in [1.82, 2.24) is 19.7 Å². The lowest BCUT2D eigenvalue weighted by molar-refractivity contribution is -0.100. The molecule has 0 aliphatic carbocycles. The van der Waals surface area contributed by atoms with Gasteiger partial charge in [-0.15, -0.1) is 0 Å². The molecule has 1 saturated heterocycles. The first-order valence-electron chi connectivity index (χ1n) is 7.07. The normalized spacial score (nSPS) is 31.0. The van der Waals surface area contributed by atoms with Crippen LogP contribution in [0.2, 0.25) is 0 Å². The molecule has 10 nitrogen and oxygen atoms in total. The van der Waals surface area contributed by atoms with Gasteiger partial charge >= 0.3 is 0 Å². The minimum Gasteiger partial charge on any atom is -0.394 e. The lowest BCUT2D eigenvalue weighted by Gasteiger charge is -2.26. The second-order valence-electron chi connectivity index (χ2n) is 5.64. The number of aliphatic hydroxyl groups excluding tert-OH is 2. The van der Waals surface area contributed by atoms with E-state index in [1.165, 1.54) is 25.0 Å². The Morgan fingerprint density at radius 3 is 2.83 bits per heavy atom. The van der Waals surface area contributed by atoms with Gasteiger partial charge in [-0.1, -0.05) is 0 Å². The van der Waals surface area contributed by atoms with Gasteiger partial charge in [0.25, 0.3) is 0 Å². The third-order valence-electron chi connectivity index (χ3n) is 4.02. The molecule has 4 unspecified atom stereocenters. The van der Waals surface area contributed by atoms with Crippen molar-refractivity contribution in [1.29, 1.82) is 0 Å². The average Bonchev–Trinajstić information content (AvgIpc) is 2.96. The highest BCUT2D eigenvalue weighted by Gasteiger charge is 2.53. The third-order valence-corrected chi connectivity index (χ3v) is 4.02. The Morgan fingerprint density at radius 2 is 2.22 bits per heavy atom. The zero-order chi connectivity index (χ0) is 16.8. The molecule has 23 heavy (non-hydrogen) atoms. The largest absolute Gasteiger partial charge is 0.394 e. The Hall–Kier alpha value is -1.85. The number of aliphatic hydroxyl groups is 3. The fraction of sp³-hybridized carbons (Fsp3) is 0.615. The Kier molecular flexibility index (Phi) is 3.94. The zero-order valence-corrected chi connectivity index (χ0v) is 13.0. The van der Waals surface area contributed by atoms with Crippen molar-refractivity contribution in [3.05, 3.63) is 12.0 Å². The van der Waals surface area contributed by atoms with Crippen LogP contribution in [0.15, 0.2) is 6.33 Å². The Bertz CT molecular complexity index is 718. The summed E-state index contributed by atoms with van der Waals surface area (Å²) in [5, 5.41) is 35.0. The summed E-state index contributed by atoms with van der Waals surface area (Å²) in [5.41, 5.74) is 2.02. The van der Waals surface area contributed by atoms with E-state index >= 15 is 0 Å². The maximum absolute atomic E-state index is 10.6. The van der Waals surface area contributed by atoms with Crippen LogP contribution in [0.25, 0.3) is 11.0 Å². The standard InChI is InChI=1S/C13H19N5O5/c1-6-8-10(17-22-3)14-5-15-11(8)18(16-6)12-13(2,21)9(20)7(4-19)23-12/h5,7,9,12,19-21H,4H2,1-3H3,(H,14,15,17). The van der Waals surface area contributed by atoms with Crippen LogP contribution >= 0.6 is 0 Å². The SMILES string of the molecule is CONc1ncnc2c1c(C)nn2C1OC(CO)C(O)C1(C)O. The van der Waals surface area contributed by atoms with Gasteiger partial charge < -0.3 is 20.1 Å². The van der Waals surface area contributed by atoms with Crippen LogP contribution in [-0.4, -0.2) is 66.6 Å². The van der Waals surface area contributed by atoms with Gasteiger partial charge in [0.15, 0.2) is 17.7 Å². The molecule has 10 heteroatoms. The molecule has 1 fully saturated rings. The summed E-state index contributed by atoms with van der Waals surface area (Å²) in [4.78, 5) is 13.2. The van der Waals surface area contributed by atoms with Crippen LogP contribution in [0.1, 0.15) is 18.8 Å². The number of rotatable bonds is 4. The number of fused-ring (bicyclic) bond motifs is 1. The van der Waals surface area contributed by atoms with Crippen LogP contribution < -0.4 is 5.48 Å². The van der Waals surface area contributed by atoms with Crippen LogP contribution in [-0.2, 0) is 9.57 Å². The molecule has 1 aliphatic rings. The fourth-order valence-corrected chi connectivity index (χ4v) is 2.83. The van der Waals surface area contributed by atoms with E-state index in [2.05, 4.69) is 20.5 Å². The van der Waals surface area contributed by atoms with Gasteiger partial charge in [0.1, 0.15) is 24.1 Å². The van der Waals surface area contributed by atoms with Gasteiger partial charge in [-0.3, -0.25) is 4.84 Å². The highest BCUT2D eigenvalue weighted by Crippen LogP contribution is 2.39. The number of aryl methyl sites for hydroxylation is 1. The number of ether oxygens (including phenoxy) is 1. The lowest BCUT2D eigenvalue weighted by Crippen LogP contribution is -2.44. The first-order valence-corrected chi connectivity index (χ1v) is 7.07. The minimum absolute atomic E-state index is 0.410. The van der Waals surface area contributed by atoms with E-state index in [-0.39, 0.29) is 0 Å². The number of nitrogens with one attached hydrogen (secondary N) is 1. The summed E-state index contributed by atoms with van der Waals surface area (Å²) < 4.78 is 6.96. The Balaban J connectivity index is 2.13. The summed E-state index contributed by atoms with van der Waals surface area (Å²) in [6.07, 6.45) is -1.84. The average molecular weight is 325 g/mol. The lowest BCUT2D eigenvalue weighted by atomic mass is 9.97. The molecule has 4 N–H and O–H groups in total. The number of aromatic nitrogens is 4. The van der Waals surface area contributed by atoms with Crippen molar-refractivity contribution in [2.45, 2.75) is 37.9 Å². The molecule has 0 aromatic carbocycles. The molecule has 1 aliphatic heterocycles. The van der Waals surface area contributed by atoms with Crippen molar-refractivity contribution in [2.75, 3.05) is 19.2 Å².